The van der Waals surface area contributed by atoms with Crippen LogP contribution < -0.4 is 0 Å². The van der Waals surface area contributed by atoms with Gasteiger partial charge < -0.3 is 5.11 Å². The van der Waals surface area contributed by atoms with Crippen LogP contribution in [-0.4, -0.2) is 11.7 Å². The van der Waals surface area contributed by atoms with Crippen LogP contribution in [0.25, 0.3) is 0 Å². The fraction of sp³-hybridized carbons (Fsp3) is 1.00. The summed E-state index contributed by atoms with van der Waals surface area (Å²) in [5.41, 5.74) is 0.618. The minimum absolute atomic E-state index is 0.373. The molecule has 3 unspecified atom stereocenters. The van der Waals surface area contributed by atoms with Crippen molar-refractivity contribution < 1.29 is 5.11 Å². The number of fused-ring (bicyclic) bond motifs is 1. The third kappa shape index (κ3) is 3.05. The normalized spacial score (nSPS) is 37.9. The Morgan fingerprint density at radius 2 is 1.88 bits per heavy atom. The first kappa shape index (κ1) is 15.0. The van der Waals surface area contributed by atoms with E-state index in [2.05, 4.69) is 13.8 Å². The maximum absolute atomic E-state index is 9.08. The minimum atomic E-state index is 0.373. The average molecular weight is 240 g/mol. The van der Waals surface area contributed by atoms with Crippen LogP contribution in [0.2, 0.25) is 0 Å². The number of rotatable bonds is 3. The zero-order valence-corrected chi connectivity index (χ0v) is 12.3. The van der Waals surface area contributed by atoms with E-state index in [1.54, 1.807) is 0 Å². The highest BCUT2D eigenvalue weighted by molar-refractivity contribution is 4.98. The van der Waals surface area contributed by atoms with E-state index in [4.69, 9.17) is 5.11 Å². The van der Waals surface area contributed by atoms with Crippen LogP contribution in [0.3, 0.4) is 0 Å². The highest BCUT2D eigenvalue weighted by atomic mass is 16.3. The molecule has 1 heteroatoms. The summed E-state index contributed by atoms with van der Waals surface area (Å²) in [4.78, 5) is 0. The Hall–Kier alpha value is -0.0400. The summed E-state index contributed by atoms with van der Waals surface area (Å²) >= 11 is 0. The van der Waals surface area contributed by atoms with Gasteiger partial charge in [-0.15, -0.1) is 0 Å². The van der Waals surface area contributed by atoms with Crippen LogP contribution in [0.1, 0.15) is 72.6 Å². The van der Waals surface area contributed by atoms with E-state index in [-0.39, 0.29) is 0 Å². The molecule has 2 saturated carbocycles. The van der Waals surface area contributed by atoms with Crippen molar-refractivity contribution in [1.29, 1.82) is 0 Å². The first-order chi connectivity index (χ1) is 8.18. The van der Waals surface area contributed by atoms with Gasteiger partial charge in [0.15, 0.2) is 0 Å². The van der Waals surface area contributed by atoms with Crippen molar-refractivity contribution in [2.24, 2.45) is 23.2 Å². The maximum atomic E-state index is 9.08. The van der Waals surface area contributed by atoms with Gasteiger partial charge in [0.1, 0.15) is 0 Å². The largest absolute Gasteiger partial charge is 0.396 e. The monoisotopic (exact) mass is 240 g/mol. The Morgan fingerprint density at radius 1 is 1.18 bits per heavy atom. The summed E-state index contributed by atoms with van der Waals surface area (Å²) in [7, 11) is 0. The Kier molecular flexibility index (Phi) is 5.99. The molecule has 2 aliphatic carbocycles. The first-order valence-electron chi connectivity index (χ1n) is 7.79. The van der Waals surface area contributed by atoms with Crippen molar-refractivity contribution in [2.45, 2.75) is 72.6 Å². The first-order valence-corrected chi connectivity index (χ1v) is 7.79. The van der Waals surface area contributed by atoms with Gasteiger partial charge in [-0.3, -0.25) is 0 Å². The van der Waals surface area contributed by atoms with E-state index in [0.29, 0.717) is 12.0 Å². The third-order valence-electron chi connectivity index (χ3n) is 5.40. The second-order valence-corrected chi connectivity index (χ2v) is 6.12. The van der Waals surface area contributed by atoms with Crippen LogP contribution in [0.5, 0.6) is 0 Å². The molecular formula is C16H32O. The lowest BCUT2D eigenvalue weighted by atomic mass is 9.62. The molecule has 0 saturated heterocycles. The molecule has 2 rings (SSSR count). The fourth-order valence-corrected chi connectivity index (χ4v) is 4.44. The predicted octanol–water partition coefficient (Wildman–Crippen LogP) is 4.64. The molecule has 1 N–H and O–H groups in total. The SMILES string of the molecule is CC.C[C@H](CCO)C1CCC2CCCCC21C. The lowest BCUT2D eigenvalue weighted by molar-refractivity contribution is 0.0613. The standard InChI is InChI=1S/C14H26O.C2H6/c1-11(8-10-15)13-7-6-12-5-3-4-9-14(12,13)2;1-2/h11-13,15H,3-10H2,1-2H3;1-2H3/t11-,12?,13?,14?;/m1./s1. The Labute approximate surface area is 108 Å². The lowest BCUT2D eigenvalue weighted by Crippen LogP contribution is -2.35. The molecule has 2 aliphatic rings. The summed E-state index contributed by atoms with van der Waals surface area (Å²) in [5.74, 6) is 2.61. The Morgan fingerprint density at radius 3 is 2.53 bits per heavy atom. The number of aliphatic hydroxyl groups excluding tert-OH is 1. The summed E-state index contributed by atoms with van der Waals surface area (Å²) < 4.78 is 0. The van der Waals surface area contributed by atoms with E-state index in [1.165, 1.54) is 38.5 Å². The molecule has 0 aliphatic heterocycles. The Bertz CT molecular complexity index is 214. The van der Waals surface area contributed by atoms with Gasteiger partial charge in [0.2, 0.25) is 0 Å². The van der Waals surface area contributed by atoms with Gasteiger partial charge in [0.25, 0.3) is 0 Å². The van der Waals surface area contributed by atoms with Crippen molar-refractivity contribution in [3.8, 4) is 0 Å². The number of aliphatic hydroxyl groups is 1. The fourth-order valence-electron chi connectivity index (χ4n) is 4.44. The molecular weight excluding hydrogens is 208 g/mol. The van der Waals surface area contributed by atoms with Crippen molar-refractivity contribution in [1.82, 2.24) is 0 Å². The maximum Gasteiger partial charge on any atom is 0.0433 e. The van der Waals surface area contributed by atoms with Gasteiger partial charge in [0.05, 0.1) is 0 Å². The molecule has 17 heavy (non-hydrogen) atoms. The van der Waals surface area contributed by atoms with Crippen molar-refractivity contribution >= 4 is 0 Å². The highest BCUT2D eigenvalue weighted by Gasteiger charge is 2.48. The molecule has 0 aromatic heterocycles. The van der Waals surface area contributed by atoms with Gasteiger partial charge in [0, 0.05) is 6.61 Å². The van der Waals surface area contributed by atoms with Gasteiger partial charge in [-0.25, -0.2) is 0 Å². The zero-order chi connectivity index (χ0) is 12.9. The van der Waals surface area contributed by atoms with Crippen LogP contribution in [0.15, 0.2) is 0 Å². The summed E-state index contributed by atoms with van der Waals surface area (Å²) in [5, 5.41) is 9.08. The molecule has 1 nitrogen and oxygen atoms in total. The van der Waals surface area contributed by atoms with Gasteiger partial charge >= 0.3 is 0 Å². The molecule has 0 radical (unpaired) electrons. The smallest absolute Gasteiger partial charge is 0.0433 e. The molecule has 102 valence electrons. The topological polar surface area (TPSA) is 20.2 Å². The van der Waals surface area contributed by atoms with Crippen molar-refractivity contribution in [3.63, 3.8) is 0 Å². The minimum Gasteiger partial charge on any atom is -0.396 e. The molecule has 0 aromatic carbocycles. The Balaban J connectivity index is 0.000000686. The van der Waals surface area contributed by atoms with Crippen LogP contribution in [-0.2, 0) is 0 Å². The molecule has 0 aromatic rings. The quantitative estimate of drug-likeness (QED) is 0.762. The molecule has 2 fully saturated rings. The van der Waals surface area contributed by atoms with E-state index in [0.717, 1.165) is 24.2 Å². The van der Waals surface area contributed by atoms with Crippen molar-refractivity contribution in [3.05, 3.63) is 0 Å². The van der Waals surface area contributed by atoms with E-state index in [9.17, 15) is 0 Å². The van der Waals surface area contributed by atoms with Crippen molar-refractivity contribution in [2.75, 3.05) is 6.61 Å². The van der Waals surface area contributed by atoms with Crippen LogP contribution in [0.4, 0.5) is 0 Å². The number of hydrogen-bond donors (Lipinski definition) is 1. The predicted molar refractivity (Wildman–Crippen MR) is 75.0 cm³/mol. The zero-order valence-electron chi connectivity index (χ0n) is 12.3. The lowest BCUT2D eigenvalue weighted by Gasteiger charge is -2.43. The summed E-state index contributed by atoms with van der Waals surface area (Å²) in [6.45, 7) is 9.25. The van der Waals surface area contributed by atoms with E-state index in [1.807, 2.05) is 13.8 Å². The number of hydrogen-bond acceptors (Lipinski definition) is 1. The van der Waals surface area contributed by atoms with Crippen LogP contribution in [0, 0.1) is 23.2 Å². The van der Waals surface area contributed by atoms with E-state index < -0.39 is 0 Å². The average Bonchev–Trinajstić information content (AvgIpc) is 2.69. The molecule has 0 heterocycles. The van der Waals surface area contributed by atoms with Gasteiger partial charge in [-0.05, 0) is 55.3 Å². The molecule has 0 spiro atoms. The summed E-state index contributed by atoms with van der Waals surface area (Å²) in [6, 6.07) is 0. The second-order valence-electron chi connectivity index (χ2n) is 6.12. The second kappa shape index (κ2) is 6.78. The van der Waals surface area contributed by atoms with Gasteiger partial charge in [-0.1, -0.05) is 40.5 Å². The molecule has 0 bridgehead atoms. The summed E-state index contributed by atoms with van der Waals surface area (Å²) in [6.07, 6.45) is 9.69. The third-order valence-corrected chi connectivity index (χ3v) is 5.40. The highest BCUT2D eigenvalue weighted by Crippen LogP contribution is 2.57. The van der Waals surface area contributed by atoms with Gasteiger partial charge in [-0.2, -0.15) is 0 Å². The van der Waals surface area contributed by atoms with Crippen LogP contribution >= 0.6 is 0 Å². The van der Waals surface area contributed by atoms with E-state index >= 15 is 0 Å². The molecule has 4 atom stereocenters. The molecule has 0 amide bonds.